The average Bonchev–Trinajstić information content (AvgIpc) is 2.59. The monoisotopic (exact) mass is 276 g/mol. The standard InChI is InChI=1S/C7H5F5N2S2/c8-4(9)2-1-3-15-6-14-13-5(16-6)7(10,11)12/h2H,1,3H2. The lowest BCUT2D eigenvalue weighted by molar-refractivity contribution is -0.138. The van der Waals surface area contributed by atoms with E-state index in [2.05, 4.69) is 10.2 Å². The van der Waals surface area contributed by atoms with Crippen LogP contribution in [-0.4, -0.2) is 16.0 Å². The van der Waals surface area contributed by atoms with Gasteiger partial charge in [0.2, 0.25) is 5.01 Å². The van der Waals surface area contributed by atoms with Gasteiger partial charge in [-0.2, -0.15) is 22.0 Å². The van der Waals surface area contributed by atoms with Crippen molar-refractivity contribution >= 4 is 23.1 Å². The van der Waals surface area contributed by atoms with Crippen molar-refractivity contribution in [3.05, 3.63) is 17.2 Å². The lowest BCUT2D eigenvalue weighted by Gasteiger charge is -1.97. The number of aromatic nitrogens is 2. The maximum atomic E-state index is 12.1. The molecule has 1 heterocycles. The Kier molecular flexibility index (Phi) is 4.66. The van der Waals surface area contributed by atoms with Crippen molar-refractivity contribution in [2.45, 2.75) is 16.9 Å². The first-order chi connectivity index (χ1) is 7.39. The summed E-state index contributed by atoms with van der Waals surface area (Å²) in [6, 6.07) is 0. The van der Waals surface area contributed by atoms with Gasteiger partial charge >= 0.3 is 6.18 Å². The summed E-state index contributed by atoms with van der Waals surface area (Å²) in [5.41, 5.74) is 0. The number of allylic oxidation sites excluding steroid dienone is 1. The summed E-state index contributed by atoms with van der Waals surface area (Å²) >= 11 is 1.37. The van der Waals surface area contributed by atoms with Crippen LogP contribution in [0, 0.1) is 0 Å². The zero-order chi connectivity index (χ0) is 12.2. The molecule has 1 aromatic heterocycles. The molecule has 0 saturated heterocycles. The summed E-state index contributed by atoms with van der Waals surface area (Å²) in [5.74, 6) is 0.240. The summed E-state index contributed by atoms with van der Waals surface area (Å²) in [6.07, 6.45) is -5.51. The minimum atomic E-state index is -4.50. The molecule has 9 heteroatoms. The van der Waals surface area contributed by atoms with E-state index >= 15 is 0 Å². The third-order valence-corrected chi connectivity index (χ3v) is 3.43. The highest BCUT2D eigenvalue weighted by Gasteiger charge is 2.35. The summed E-state index contributed by atoms with van der Waals surface area (Å²) < 4.78 is 59.6. The number of halogens is 5. The SMILES string of the molecule is FC(F)=CCCSc1nnc(C(F)(F)F)s1. The van der Waals surface area contributed by atoms with Crippen LogP contribution in [0.15, 0.2) is 16.5 Å². The Morgan fingerprint density at radius 3 is 2.50 bits per heavy atom. The fourth-order valence-electron chi connectivity index (χ4n) is 0.697. The van der Waals surface area contributed by atoms with Crippen molar-refractivity contribution in [2.24, 2.45) is 0 Å². The quantitative estimate of drug-likeness (QED) is 0.475. The van der Waals surface area contributed by atoms with Crippen molar-refractivity contribution in [2.75, 3.05) is 5.75 Å². The molecule has 0 aromatic carbocycles. The molecule has 0 aliphatic carbocycles. The molecule has 90 valence electrons. The Balaban J connectivity index is 2.44. The molecule has 0 N–H and O–H groups in total. The van der Waals surface area contributed by atoms with E-state index < -0.39 is 17.3 Å². The third-order valence-electron chi connectivity index (χ3n) is 1.29. The molecule has 0 amide bonds. The molecular formula is C7H5F5N2S2. The first-order valence-corrected chi connectivity index (χ1v) is 5.74. The zero-order valence-corrected chi connectivity index (χ0v) is 9.23. The lowest BCUT2D eigenvalue weighted by atomic mass is 10.5. The van der Waals surface area contributed by atoms with Crippen LogP contribution in [-0.2, 0) is 6.18 Å². The Bertz CT molecular complexity index is 369. The first kappa shape index (κ1) is 13.4. The minimum absolute atomic E-state index is 0.0773. The zero-order valence-electron chi connectivity index (χ0n) is 7.59. The highest BCUT2D eigenvalue weighted by atomic mass is 32.2. The van der Waals surface area contributed by atoms with Crippen molar-refractivity contribution < 1.29 is 22.0 Å². The third kappa shape index (κ3) is 4.44. The molecule has 0 aliphatic rings. The van der Waals surface area contributed by atoms with Crippen LogP contribution in [0.3, 0.4) is 0 Å². The van der Waals surface area contributed by atoms with Crippen LogP contribution in [0.1, 0.15) is 11.4 Å². The number of thioether (sulfide) groups is 1. The van der Waals surface area contributed by atoms with E-state index in [1.165, 1.54) is 0 Å². The Hall–Kier alpha value is -0.700. The lowest BCUT2D eigenvalue weighted by Crippen LogP contribution is -2.03. The molecule has 0 fully saturated rings. The largest absolute Gasteiger partial charge is 0.445 e. The molecular weight excluding hydrogens is 271 g/mol. The van der Waals surface area contributed by atoms with E-state index in [1.807, 2.05) is 0 Å². The fraction of sp³-hybridized carbons (Fsp3) is 0.429. The van der Waals surface area contributed by atoms with E-state index in [1.54, 1.807) is 0 Å². The maximum Gasteiger partial charge on any atom is 0.445 e. The predicted molar refractivity (Wildman–Crippen MR) is 50.6 cm³/mol. The highest BCUT2D eigenvalue weighted by Crippen LogP contribution is 2.34. The Morgan fingerprint density at radius 1 is 1.31 bits per heavy atom. The van der Waals surface area contributed by atoms with Crippen LogP contribution >= 0.6 is 23.1 Å². The van der Waals surface area contributed by atoms with Gasteiger partial charge in [-0.1, -0.05) is 23.1 Å². The second-order valence-electron chi connectivity index (χ2n) is 2.50. The molecule has 0 atom stereocenters. The van der Waals surface area contributed by atoms with E-state index in [9.17, 15) is 22.0 Å². The average molecular weight is 276 g/mol. The first-order valence-electron chi connectivity index (χ1n) is 3.94. The summed E-state index contributed by atoms with van der Waals surface area (Å²) in [4.78, 5) is 0. The molecule has 0 spiro atoms. The molecule has 0 aliphatic heterocycles. The minimum Gasteiger partial charge on any atom is -0.174 e. The van der Waals surface area contributed by atoms with Crippen molar-refractivity contribution in [3.8, 4) is 0 Å². The van der Waals surface area contributed by atoms with Crippen LogP contribution < -0.4 is 0 Å². The molecule has 2 nitrogen and oxygen atoms in total. The number of rotatable bonds is 4. The van der Waals surface area contributed by atoms with Crippen molar-refractivity contribution in [1.29, 1.82) is 0 Å². The Morgan fingerprint density at radius 2 is 2.00 bits per heavy atom. The van der Waals surface area contributed by atoms with Crippen molar-refractivity contribution in [3.63, 3.8) is 0 Å². The van der Waals surface area contributed by atoms with Gasteiger partial charge in [0.15, 0.2) is 4.34 Å². The summed E-state index contributed by atoms with van der Waals surface area (Å²) in [6.45, 7) is 0. The van der Waals surface area contributed by atoms with Gasteiger partial charge in [0.1, 0.15) is 0 Å². The molecule has 0 saturated carbocycles. The van der Waals surface area contributed by atoms with Crippen LogP contribution in [0.4, 0.5) is 22.0 Å². The van der Waals surface area contributed by atoms with E-state index in [0.29, 0.717) is 17.4 Å². The maximum absolute atomic E-state index is 12.1. The van der Waals surface area contributed by atoms with Gasteiger partial charge in [0.05, 0.1) is 0 Å². The molecule has 0 unspecified atom stereocenters. The van der Waals surface area contributed by atoms with Crippen molar-refractivity contribution in [1.82, 2.24) is 10.2 Å². The second kappa shape index (κ2) is 5.58. The molecule has 16 heavy (non-hydrogen) atoms. The second-order valence-corrected chi connectivity index (χ2v) is 4.82. The van der Waals surface area contributed by atoms with Gasteiger partial charge in [0.25, 0.3) is 6.08 Å². The van der Waals surface area contributed by atoms with E-state index in [0.717, 1.165) is 11.8 Å². The van der Waals surface area contributed by atoms with Gasteiger partial charge in [0, 0.05) is 5.75 Å². The number of hydrogen-bond acceptors (Lipinski definition) is 4. The number of nitrogens with zero attached hydrogens (tertiary/aromatic N) is 2. The number of hydrogen-bond donors (Lipinski definition) is 0. The van der Waals surface area contributed by atoms with Crippen LogP contribution in [0.5, 0.6) is 0 Å². The smallest absolute Gasteiger partial charge is 0.174 e. The van der Waals surface area contributed by atoms with Crippen LogP contribution in [0.25, 0.3) is 0 Å². The van der Waals surface area contributed by atoms with Gasteiger partial charge in [-0.25, -0.2) is 0 Å². The van der Waals surface area contributed by atoms with Gasteiger partial charge in [-0.3, -0.25) is 0 Å². The Labute approximate surface area is 95.6 Å². The predicted octanol–water partition coefficient (Wildman–Crippen LogP) is 3.82. The number of alkyl halides is 3. The van der Waals surface area contributed by atoms with Gasteiger partial charge in [-0.05, 0) is 12.5 Å². The van der Waals surface area contributed by atoms with Gasteiger partial charge < -0.3 is 0 Å². The van der Waals surface area contributed by atoms with Crippen LogP contribution in [0.2, 0.25) is 0 Å². The molecule has 0 radical (unpaired) electrons. The topological polar surface area (TPSA) is 25.8 Å². The molecule has 0 bridgehead atoms. The van der Waals surface area contributed by atoms with Gasteiger partial charge in [-0.15, -0.1) is 10.2 Å². The van der Waals surface area contributed by atoms with E-state index in [4.69, 9.17) is 0 Å². The summed E-state index contributed by atoms with van der Waals surface area (Å²) in [5, 5.41) is 5.24. The highest BCUT2D eigenvalue weighted by molar-refractivity contribution is 8.01. The molecule has 1 rings (SSSR count). The fourth-order valence-corrected chi connectivity index (χ4v) is 2.37. The molecule has 1 aromatic rings. The van der Waals surface area contributed by atoms with E-state index in [-0.39, 0.29) is 16.5 Å². The summed E-state index contributed by atoms with van der Waals surface area (Å²) in [7, 11) is 0. The normalized spacial score (nSPS) is 11.6.